The van der Waals surface area contributed by atoms with E-state index in [4.69, 9.17) is 5.73 Å². The standard InChI is InChI=1S/C10H14N2O.C2H6/c1-7(2)6-8-4-3-5-9(12-8)10(11)13;1-2/h3-5,7H,6H2,1-2H3,(H2,11,13);1-2H3. The van der Waals surface area contributed by atoms with Gasteiger partial charge >= 0.3 is 0 Å². The molecule has 0 radical (unpaired) electrons. The molecule has 1 amide bonds. The van der Waals surface area contributed by atoms with Crippen LogP contribution in [0.2, 0.25) is 0 Å². The number of pyridine rings is 1. The molecule has 15 heavy (non-hydrogen) atoms. The molecule has 0 saturated heterocycles. The van der Waals surface area contributed by atoms with Gasteiger partial charge in [0.1, 0.15) is 5.69 Å². The third kappa shape index (κ3) is 5.15. The molecule has 0 spiro atoms. The Kier molecular flexibility index (Phi) is 6.34. The van der Waals surface area contributed by atoms with Crippen LogP contribution in [-0.4, -0.2) is 10.9 Å². The molecule has 0 aliphatic carbocycles. The van der Waals surface area contributed by atoms with Crippen molar-refractivity contribution in [1.82, 2.24) is 4.98 Å². The molecular weight excluding hydrogens is 188 g/mol. The minimum Gasteiger partial charge on any atom is -0.364 e. The summed E-state index contributed by atoms with van der Waals surface area (Å²) < 4.78 is 0. The van der Waals surface area contributed by atoms with Crippen LogP contribution in [0.3, 0.4) is 0 Å². The Morgan fingerprint density at radius 2 is 2.00 bits per heavy atom. The summed E-state index contributed by atoms with van der Waals surface area (Å²) in [5, 5.41) is 0. The lowest BCUT2D eigenvalue weighted by Gasteiger charge is -2.04. The largest absolute Gasteiger partial charge is 0.364 e. The zero-order valence-corrected chi connectivity index (χ0v) is 9.95. The zero-order valence-electron chi connectivity index (χ0n) is 9.95. The van der Waals surface area contributed by atoms with Crippen LogP contribution in [0, 0.1) is 5.92 Å². The summed E-state index contributed by atoms with van der Waals surface area (Å²) in [4.78, 5) is 14.9. The summed E-state index contributed by atoms with van der Waals surface area (Å²) in [6.07, 6.45) is 0.876. The van der Waals surface area contributed by atoms with E-state index in [1.54, 1.807) is 6.07 Å². The molecule has 3 nitrogen and oxygen atoms in total. The Morgan fingerprint density at radius 1 is 1.40 bits per heavy atom. The average Bonchev–Trinajstić information content (AvgIpc) is 2.20. The molecule has 2 N–H and O–H groups in total. The van der Waals surface area contributed by atoms with Crippen LogP contribution in [0.1, 0.15) is 43.9 Å². The third-order valence-electron chi connectivity index (χ3n) is 1.68. The second-order valence-electron chi connectivity index (χ2n) is 3.48. The summed E-state index contributed by atoms with van der Waals surface area (Å²) in [7, 11) is 0. The first-order valence-electron chi connectivity index (χ1n) is 5.35. The predicted octanol–water partition coefficient (Wildman–Crippen LogP) is 2.41. The Hall–Kier alpha value is -1.38. The molecule has 0 bridgehead atoms. The van der Waals surface area contributed by atoms with Gasteiger partial charge in [-0.1, -0.05) is 33.8 Å². The number of carbonyl (C=O) groups is 1. The maximum absolute atomic E-state index is 10.8. The van der Waals surface area contributed by atoms with Gasteiger partial charge in [0.15, 0.2) is 0 Å². The van der Waals surface area contributed by atoms with Gasteiger partial charge in [0.25, 0.3) is 5.91 Å². The topological polar surface area (TPSA) is 56.0 Å². The van der Waals surface area contributed by atoms with E-state index in [-0.39, 0.29) is 0 Å². The number of hydrogen-bond acceptors (Lipinski definition) is 2. The maximum Gasteiger partial charge on any atom is 0.267 e. The van der Waals surface area contributed by atoms with Crippen molar-refractivity contribution >= 4 is 5.91 Å². The molecule has 0 aliphatic rings. The fraction of sp³-hybridized carbons (Fsp3) is 0.500. The number of amides is 1. The highest BCUT2D eigenvalue weighted by molar-refractivity contribution is 5.90. The molecule has 0 fully saturated rings. The van der Waals surface area contributed by atoms with Crippen molar-refractivity contribution in [3.63, 3.8) is 0 Å². The van der Waals surface area contributed by atoms with Crippen LogP contribution >= 0.6 is 0 Å². The molecule has 1 rings (SSSR count). The van der Waals surface area contributed by atoms with E-state index in [2.05, 4.69) is 18.8 Å². The second kappa shape index (κ2) is 6.98. The van der Waals surface area contributed by atoms with Crippen molar-refractivity contribution in [3.8, 4) is 0 Å². The van der Waals surface area contributed by atoms with E-state index in [9.17, 15) is 4.79 Å². The van der Waals surface area contributed by atoms with Gasteiger partial charge in [-0.15, -0.1) is 0 Å². The van der Waals surface area contributed by atoms with Gasteiger partial charge in [0.05, 0.1) is 0 Å². The number of nitrogens with two attached hydrogens (primary N) is 1. The normalized spacial score (nSPS) is 9.40. The first kappa shape index (κ1) is 13.6. The first-order chi connectivity index (χ1) is 7.09. The number of carbonyl (C=O) groups excluding carboxylic acids is 1. The number of primary amides is 1. The molecular formula is C12H20N2O. The van der Waals surface area contributed by atoms with Crippen molar-refractivity contribution in [3.05, 3.63) is 29.6 Å². The van der Waals surface area contributed by atoms with Crippen molar-refractivity contribution in [1.29, 1.82) is 0 Å². The van der Waals surface area contributed by atoms with E-state index in [1.807, 2.05) is 26.0 Å². The molecule has 0 unspecified atom stereocenters. The summed E-state index contributed by atoms with van der Waals surface area (Å²) in [6, 6.07) is 5.35. The lowest BCUT2D eigenvalue weighted by molar-refractivity contribution is 0.0995. The maximum atomic E-state index is 10.8. The zero-order chi connectivity index (χ0) is 11.8. The third-order valence-corrected chi connectivity index (χ3v) is 1.68. The van der Waals surface area contributed by atoms with Gasteiger partial charge < -0.3 is 5.73 Å². The number of hydrogen-bond donors (Lipinski definition) is 1. The SMILES string of the molecule is CC.CC(C)Cc1cccc(C(N)=O)n1. The van der Waals surface area contributed by atoms with Crippen LogP contribution in [-0.2, 0) is 6.42 Å². The smallest absolute Gasteiger partial charge is 0.267 e. The fourth-order valence-corrected chi connectivity index (χ4v) is 1.15. The molecule has 84 valence electrons. The van der Waals surface area contributed by atoms with E-state index in [0.717, 1.165) is 12.1 Å². The van der Waals surface area contributed by atoms with Gasteiger partial charge in [-0.2, -0.15) is 0 Å². The van der Waals surface area contributed by atoms with Crippen LogP contribution in [0.4, 0.5) is 0 Å². The molecule has 1 aromatic rings. The molecule has 3 heteroatoms. The quantitative estimate of drug-likeness (QED) is 0.829. The van der Waals surface area contributed by atoms with Gasteiger partial charge in [-0.25, -0.2) is 4.98 Å². The minimum atomic E-state index is -0.467. The van der Waals surface area contributed by atoms with Crippen molar-refractivity contribution in [2.45, 2.75) is 34.1 Å². The predicted molar refractivity (Wildman–Crippen MR) is 62.6 cm³/mol. The van der Waals surface area contributed by atoms with Gasteiger partial charge in [-0.3, -0.25) is 4.79 Å². The number of aromatic nitrogens is 1. The van der Waals surface area contributed by atoms with Crippen LogP contribution in [0.5, 0.6) is 0 Å². The fourth-order valence-electron chi connectivity index (χ4n) is 1.15. The van der Waals surface area contributed by atoms with Gasteiger partial charge in [-0.05, 0) is 24.5 Å². The van der Waals surface area contributed by atoms with Crippen LogP contribution in [0.25, 0.3) is 0 Å². The first-order valence-corrected chi connectivity index (χ1v) is 5.35. The Bertz CT molecular complexity index is 308. The van der Waals surface area contributed by atoms with Crippen molar-refractivity contribution < 1.29 is 4.79 Å². The van der Waals surface area contributed by atoms with E-state index < -0.39 is 5.91 Å². The van der Waals surface area contributed by atoms with E-state index in [0.29, 0.717) is 11.6 Å². The highest BCUT2D eigenvalue weighted by Gasteiger charge is 2.04. The number of nitrogens with zero attached hydrogens (tertiary/aromatic N) is 1. The van der Waals surface area contributed by atoms with Crippen molar-refractivity contribution in [2.75, 3.05) is 0 Å². The lowest BCUT2D eigenvalue weighted by Crippen LogP contribution is -2.14. The van der Waals surface area contributed by atoms with Crippen LogP contribution in [0.15, 0.2) is 18.2 Å². The Morgan fingerprint density at radius 3 is 2.47 bits per heavy atom. The van der Waals surface area contributed by atoms with Crippen LogP contribution < -0.4 is 5.73 Å². The van der Waals surface area contributed by atoms with Gasteiger partial charge in [0.2, 0.25) is 0 Å². The van der Waals surface area contributed by atoms with E-state index in [1.165, 1.54) is 0 Å². The lowest BCUT2D eigenvalue weighted by atomic mass is 10.1. The molecule has 0 atom stereocenters. The summed E-state index contributed by atoms with van der Waals surface area (Å²) in [6.45, 7) is 8.22. The average molecular weight is 208 g/mol. The summed E-state index contributed by atoms with van der Waals surface area (Å²) >= 11 is 0. The molecule has 1 heterocycles. The summed E-state index contributed by atoms with van der Waals surface area (Å²) in [5.74, 6) is 0.0706. The highest BCUT2D eigenvalue weighted by Crippen LogP contribution is 2.05. The summed E-state index contributed by atoms with van der Waals surface area (Å²) in [5.41, 5.74) is 6.38. The molecule has 0 aromatic carbocycles. The molecule has 1 aromatic heterocycles. The molecule has 0 aliphatic heterocycles. The molecule has 0 saturated carbocycles. The minimum absolute atomic E-state index is 0.346. The Balaban J connectivity index is 0.000000921. The Labute approximate surface area is 91.7 Å². The van der Waals surface area contributed by atoms with E-state index >= 15 is 0 Å². The monoisotopic (exact) mass is 208 g/mol. The second-order valence-corrected chi connectivity index (χ2v) is 3.48. The van der Waals surface area contributed by atoms with Crippen molar-refractivity contribution in [2.24, 2.45) is 11.7 Å². The van der Waals surface area contributed by atoms with Gasteiger partial charge in [0, 0.05) is 5.69 Å². The number of rotatable bonds is 3. The highest BCUT2D eigenvalue weighted by atomic mass is 16.1.